The van der Waals surface area contributed by atoms with Gasteiger partial charge in [-0.05, 0) is 49.9 Å². The summed E-state index contributed by atoms with van der Waals surface area (Å²) in [7, 11) is 0. The van der Waals surface area contributed by atoms with E-state index >= 15 is 0 Å². The van der Waals surface area contributed by atoms with Crippen molar-refractivity contribution in [2.45, 2.75) is 69.1 Å². The number of piperidine rings is 1. The van der Waals surface area contributed by atoms with Crippen molar-refractivity contribution in [3.8, 4) is 0 Å². The molecule has 0 aliphatic carbocycles. The smallest absolute Gasteiger partial charge is 0.126 e. The van der Waals surface area contributed by atoms with Crippen LogP contribution < -0.4 is 5.32 Å². The highest BCUT2D eigenvalue weighted by Crippen LogP contribution is 2.33. The van der Waals surface area contributed by atoms with Crippen molar-refractivity contribution in [2.24, 2.45) is 0 Å². The van der Waals surface area contributed by atoms with Crippen LogP contribution in [0.5, 0.6) is 0 Å². The predicted octanol–water partition coefficient (Wildman–Crippen LogP) is 3.05. The first kappa shape index (κ1) is 20.9. The summed E-state index contributed by atoms with van der Waals surface area (Å²) in [6, 6.07) is 3.05. The fraction of sp³-hybridized carbons (Fsp3) is 0.571. The molecule has 0 spiro atoms. The molecular weight excluding hydrogens is 364 g/mol. The van der Waals surface area contributed by atoms with Gasteiger partial charge in [0, 0.05) is 30.4 Å². The van der Waals surface area contributed by atoms with Crippen LogP contribution >= 0.6 is 0 Å². The van der Waals surface area contributed by atoms with Gasteiger partial charge in [-0.25, -0.2) is 13.8 Å². The summed E-state index contributed by atoms with van der Waals surface area (Å²) in [4.78, 5) is 7.28. The van der Waals surface area contributed by atoms with Gasteiger partial charge in [-0.3, -0.25) is 0 Å². The first-order valence-electron chi connectivity index (χ1n) is 9.98. The number of H-pyrrole nitrogens is 1. The summed E-state index contributed by atoms with van der Waals surface area (Å²) >= 11 is 0. The average Bonchev–Trinajstić information content (AvgIpc) is 3.18. The van der Waals surface area contributed by atoms with Gasteiger partial charge in [0.1, 0.15) is 17.5 Å². The molecule has 1 aliphatic heterocycles. The van der Waals surface area contributed by atoms with E-state index in [9.17, 15) is 19.0 Å². The lowest BCUT2D eigenvalue weighted by Crippen LogP contribution is -2.54. The summed E-state index contributed by atoms with van der Waals surface area (Å²) in [5.41, 5.74) is -0.346. The Morgan fingerprint density at radius 3 is 2.68 bits per heavy atom. The highest BCUT2D eigenvalue weighted by atomic mass is 19.1. The largest absolute Gasteiger partial charge is 0.391 e. The quantitative estimate of drug-likeness (QED) is 0.556. The third-order valence-electron chi connectivity index (χ3n) is 5.67. The summed E-state index contributed by atoms with van der Waals surface area (Å²) < 4.78 is 27.3. The lowest BCUT2D eigenvalue weighted by Gasteiger charge is -2.41. The van der Waals surface area contributed by atoms with E-state index in [2.05, 4.69) is 22.2 Å². The molecule has 0 amide bonds. The number of unbranched alkanes of at least 4 members (excludes halogenated alkanes) is 1. The minimum Gasteiger partial charge on any atom is -0.391 e. The fourth-order valence-corrected chi connectivity index (χ4v) is 4.17. The van der Waals surface area contributed by atoms with Crippen molar-refractivity contribution in [1.29, 1.82) is 0 Å². The second-order valence-electron chi connectivity index (χ2n) is 7.90. The van der Waals surface area contributed by atoms with Crippen LogP contribution in [0.15, 0.2) is 30.6 Å². The minimum absolute atomic E-state index is 0.231. The number of nitrogens with one attached hydrogen (secondary N) is 2. The Balaban J connectivity index is 1.80. The van der Waals surface area contributed by atoms with Gasteiger partial charge in [-0.15, -0.1) is 0 Å². The zero-order valence-corrected chi connectivity index (χ0v) is 16.2. The topological polar surface area (TPSA) is 81.2 Å². The molecule has 4 unspecified atom stereocenters. The molecule has 1 aromatic heterocycles. The molecule has 1 fully saturated rings. The molecule has 1 saturated heterocycles. The molecule has 2 aromatic rings. The zero-order chi connectivity index (χ0) is 20.1. The van der Waals surface area contributed by atoms with Crippen LogP contribution in [0.3, 0.4) is 0 Å². The number of aromatic amines is 1. The van der Waals surface area contributed by atoms with E-state index in [0.717, 1.165) is 18.9 Å². The zero-order valence-electron chi connectivity index (χ0n) is 16.2. The van der Waals surface area contributed by atoms with E-state index in [4.69, 9.17) is 0 Å². The third-order valence-corrected chi connectivity index (χ3v) is 5.67. The molecule has 5 nitrogen and oxygen atoms in total. The van der Waals surface area contributed by atoms with Gasteiger partial charge in [0.05, 0.1) is 11.7 Å². The van der Waals surface area contributed by atoms with Gasteiger partial charge in [-0.1, -0.05) is 19.8 Å². The molecule has 1 aliphatic rings. The van der Waals surface area contributed by atoms with Crippen molar-refractivity contribution >= 4 is 0 Å². The molecule has 4 atom stereocenters. The molecule has 0 radical (unpaired) electrons. The Kier molecular flexibility index (Phi) is 6.80. The van der Waals surface area contributed by atoms with Gasteiger partial charge in [0.2, 0.25) is 0 Å². The predicted molar refractivity (Wildman–Crippen MR) is 103 cm³/mol. The molecular formula is C21H29F2N3O2. The van der Waals surface area contributed by atoms with E-state index in [1.54, 1.807) is 12.4 Å². The average molecular weight is 393 g/mol. The molecule has 4 N–H and O–H groups in total. The molecule has 154 valence electrons. The maximum Gasteiger partial charge on any atom is 0.126 e. The van der Waals surface area contributed by atoms with E-state index < -0.39 is 29.3 Å². The SMILES string of the molecule is CCCCC1(O)CCNC(C(O)C(Cc2cc(F)cc(F)c2)c2ncc[nH]2)C1. The maximum absolute atomic E-state index is 13.6. The Bertz CT molecular complexity index is 736. The number of aromatic nitrogens is 2. The molecule has 0 saturated carbocycles. The van der Waals surface area contributed by atoms with Crippen LogP contribution in [0.1, 0.15) is 56.3 Å². The number of rotatable bonds is 8. The minimum atomic E-state index is -0.870. The fourth-order valence-electron chi connectivity index (χ4n) is 4.17. The van der Waals surface area contributed by atoms with Crippen LogP contribution in [0.4, 0.5) is 8.78 Å². The Labute approximate surface area is 164 Å². The Morgan fingerprint density at radius 1 is 1.29 bits per heavy atom. The van der Waals surface area contributed by atoms with Gasteiger partial charge in [0.15, 0.2) is 0 Å². The van der Waals surface area contributed by atoms with Crippen molar-refractivity contribution in [3.05, 3.63) is 53.6 Å². The van der Waals surface area contributed by atoms with E-state index in [1.165, 1.54) is 12.1 Å². The number of aliphatic hydroxyl groups excluding tert-OH is 1. The summed E-state index contributed by atoms with van der Waals surface area (Å²) in [6.07, 6.45) is 6.34. The maximum atomic E-state index is 13.6. The Morgan fingerprint density at radius 2 is 2.04 bits per heavy atom. The highest BCUT2D eigenvalue weighted by molar-refractivity contribution is 5.21. The van der Waals surface area contributed by atoms with E-state index in [1.807, 2.05) is 0 Å². The van der Waals surface area contributed by atoms with Gasteiger partial charge >= 0.3 is 0 Å². The lowest BCUT2D eigenvalue weighted by atomic mass is 9.78. The number of imidazole rings is 1. The normalized spacial score (nSPS) is 24.8. The summed E-state index contributed by atoms with van der Waals surface area (Å²) in [5.74, 6) is -1.22. The molecule has 7 heteroatoms. The number of benzene rings is 1. The Hall–Kier alpha value is -1.83. The first-order valence-corrected chi connectivity index (χ1v) is 9.98. The summed E-state index contributed by atoms with van der Waals surface area (Å²) in [5, 5.41) is 25.4. The van der Waals surface area contributed by atoms with Gasteiger partial charge in [-0.2, -0.15) is 0 Å². The van der Waals surface area contributed by atoms with Crippen molar-refractivity contribution in [3.63, 3.8) is 0 Å². The number of nitrogens with zero attached hydrogens (tertiary/aromatic N) is 1. The standard InChI is InChI=1S/C21H29F2N3O2/c1-2-3-4-21(28)5-6-24-18(13-21)19(27)17(20-25-7-8-26-20)11-14-9-15(22)12-16(23)10-14/h7-10,12,17-19,24,27-28H,2-6,11,13H2,1H3,(H,25,26). The molecule has 2 heterocycles. The van der Waals surface area contributed by atoms with Crippen molar-refractivity contribution in [2.75, 3.05) is 6.54 Å². The van der Waals surface area contributed by atoms with Crippen LogP contribution in [-0.2, 0) is 6.42 Å². The number of halogens is 2. The second-order valence-corrected chi connectivity index (χ2v) is 7.90. The van der Waals surface area contributed by atoms with Crippen LogP contribution in [-0.4, -0.2) is 44.5 Å². The van der Waals surface area contributed by atoms with Gasteiger partial charge < -0.3 is 20.5 Å². The second kappa shape index (κ2) is 9.11. The number of hydrogen-bond donors (Lipinski definition) is 4. The van der Waals surface area contributed by atoms with Crippen LogP contribution in [0, 0.1) is 11.6 Å². The first-order chi connectivity index (χ1) is 13.4. The number of hydrogen-bond acceptors (Lipinski definition) is 4. The molecule has 1 aromatic carbocycles. The molecule has 0 bridgehead atoms. The molecule has 3 rings (SSSR count). The van der Waals surface area contributed by atoms with Gasteiger partial charge in [0.25, 0.3) is 0 Å². The van der Waals surface area contributed by atoms with Crippen molar-refractivity contribution in [1.82, 2.24) is 15.3 Å². The monoisotopic (exact) mass is 393 g/mol. The van der Waals surface area contributed by atoms with E-state index in [0.29, 0.717) is 37.2 Å². The van der Waals surface area contributed by atoms with Crippen LogP contribution in [0.2, 0.25) is 0 Å². The molecule has 28 heavy (non-hydrogen) atoms. The third kappa shape index (κ3) is 5.16. The van der Waals surface area contributed by atoms with Crippen molar-refractivity contribution < 1.29 is 19.0 Å². The number of aliphatic hydroxyl groups is 2. The van der Waals surface area contributed by atoms with Crippen LogP contribution in [0.25, 0.3) is 0 Å². The van der Waals surface area contributed by atoms with E-state index in [-0.39, 0.29) is 12.5 Å². The summed E-state index contributed by atoms with van der Waals surface area (Å²) in [6.45, 7) is 2.70. The highest BCUT2D eigenvalue weighted by Gasteiger charge is 2.39. The lowest BCUT2D eigenvalue weighted by molar-refractivity contribution is -0.0396.